The molecule has 0 atom stereocenters. The number of carbonyl (C=O) groups is 1. The Labute approximate surface area is 110 Å². The molecule has 0 N–H and O–H groups in total. The van der Waals surface area contributed by atoms with Gasteiger partial charge in [0.1, 0.15) is 11.4 Å². The average Bonchev–Trinajstić information content (AvgIpc) is 2.29. The molecule has 0 spiro atoms. The molecular weight excluding hydrogens is 284 g/mol. The lowest BCUT2D eigenvalue weighted by Crippen LogP contribution is -2.35. The molecule has 1 aromatic carbocycles. The maximum absolute atomic E-state index is 12.0. The molecule has 0 saturated carbocycles. The number of Topliss-reactive ketones (excluding diaryl/α,β-unsaturated/α-hetero) is 1. The van der Waals surface area contributed by atoms with Crippen LogP contribution in [0.2, 0.25) is 0 Å². The minimum atomic E-state index is -0.771. The maximum Gasteiger partial charge on any atom is 0.168 e. The molecule has 4 heteroatoms. The van der Waals surface area contributed by atoms with Crippen molar-refractivity contribution in [3.8, 4) is 5.75 Å². The van der Waals surface area contributed by atoms with Crippen LogP contribution in [-0.4, -0.2) is 25.6 Å². The summed E-state index contributed by atoms with van der Waals surface area (Å²) in [4.78, 5) is 12.0. The molecule has 0 bridgehead atoms. The van der Waals surface area contributed by atoms with Gasteiger partial charge in [0.15, 0.2) is 5.78 Å². The van der Waals surface area contributed by atoms with Gasteiger partial charge >= 0.3 is 0 Å². The van der Waals surface area contributed by atoms with Gasteiger partial charge in [-0.25, -0.2) is 0 Å². The van der Waals surface area contributed by atoms with Crippen molar-refractivity contribution in [2.45, 2.75) is 25.9 Å². The number of ketones is 1. The Bertz CT molecular complexity index is 413. The van der Waals surface area contributed by atoms with Crippen molar-refractivity contribution in [2.75, 3.05) is 14.2 Å². The van der Waals surface area contributed by atoms with Crippen LogP contribution in [0.4, 0.5) is 0 Å². The standard InChI is InChI=1S/C13H17BrO3/c1-13(2,17-4)12(15)8-9-7-10(14)5-6-11(9)16-3/h5-7H,8H2,1-4H3. The molecule has 3 nitrogen and oxygen atoms in total. The van der Waals surface area contributed by atoms with Crippen LogP contribution in [0, 0.1) is 0 Å². The lowest BCUT2D eigenvalue weighted by atomic mass is 9.96. The Hall–Kier alpha value is -0.870. The molecule has 0 radical (unpaired) electrons. The van der Waals surface area contributed by atoms with Crippen LogP contribution in [0.15, 0.2) is 22.7 Å². The molecule has 94 valence electrons. The molecule has 0 aliphatic rings. The summed E-state index contributed by atoms with van der Waals surface area (Å²) in [5.41, 5.74) is 0.0878. The Morgan fingerprint density at radius 2 is 2.00 bits per heavy atom. The van der Waals surface area contributed by atoms with Crippen molar-refractivity contribution in [1.82, 2.24) is 0 Å². The van der Waals surface area contributed by atoms with Crippen molar-refractivity contribution in [3.05, 3.63) is 28.2 Å². The Morgan fingerprint density at radius 3 is 2.53 bits per heavy atom. The minimum Gasteiger partial charge on any atom is -0.496 e. The van der Waals surface area contributed by atoms with Gasteiger partial charge in [-0.05, 0) is 32.0 Å². The lowest BCUT2D eigenvalue weighted by molar-refractivity contribution is -0.136. The van der Waals surface area contributed by atoms with E-state index in [1.54, 1.807) is 21.0 Å². The monoisotopic (exact) mass is 300 g/mol. The third-order valence-corrected chi connectivity index (χ3v) is 3.27. The number of hydrogen-bond acceptors (Lipinski definition) is 3. The van der Waals surface area contributed by atoms with E-state index in [0.717, 1.165) is 10.0 Å². The smallest absolute Gasteiger partial charge is 0.168 e. The van der Waals surface area contributed by atoms with E-state index < -0.39 is 5.60 Å². The van der Waals surface area contributed by atoms with Crippen molar-refractivity contribution in [3.63, 3.8) is 0 Å². The normalized spacial score (nSPS) is 11.4. The fourth-order valence-electron chi connectivity index (χ4n) is 1.38. The fourth-order valence-corrected chi connectivity index (χ4v) is 1.79. The van der Waals surface area contributed by atoms with Crippen molar-refractivity contribution >= 4 is 21.7 Å². The van der Waals surface area contributed by atoms with Crippen LogP contribution < -0.4 is 4.74 Å². The molecule has 0 amide bonds. The predicted molar refractivity (Wildman–Crippen MR) is 70.5 cm³/mol. The van der Waals surface area contributed by atoms with E-state index in [4.69, 9.17) is 9.47 Å². The highest BCUT2D eigenvalue weighted by molar-refractivity contribution is 9.10. The Morgan fingerprint density at radius 1 is 1.35 bits per heavy atom. The summed E-state index contributed by atoms with van der Waals surface area (Å²) in [5.74, 6) is 0.741. The van der Waals surface area contributed by atoms with Crippen LogP contribution in [0.1, 0.15) is 19.4 Å². The number of ether oxygens (including phenoxy) is 2. The molecule has 0 unspecified atom stereocenters. The molecule has 1 aromatic rings. The van der Waals surface area contributed by atoms with Gasteiger partial charge in [0.2, 0.25) is 0 Å². The molecule has 0 aliphatic heterocycles. The van der Waals surface area contributed by atoms with Gasteiger partial charge in [-0.3, -0.25) is 4.79 Å². The zero-order valence-electron chi connectivity index (χ0n) is 10.5. The van der Waals surface area contributed by atoms with Crippen molar-refractivity contribution in [1.29, 1.82) is 0 Å². The second kappa shape index (κ2) is 5.65. The summed E-state index contributed by atoms with van der Waals surface area (Å²) in [6.07, 6.45) is 0.295. The highest BCUT2D eigenvalue weighted by Gasteiger charge is 2.27. The number of rotatable bonds is 5. The van der Waals surface area contributed by atoms with Gasteiger partial charge in [-0.1, -0.05) is 15.9 Å². The fraction of sp³-hybridized carbons (Fsp3) is 0.462. The third-order valence-electron chi connectivity index (χ3n) is 2.78. The van der Waals surface area contributed by atoms with Crippen molar-refractivity contribution < 1.29 is 14.3 Å². The van der Waals surface area contributed by atoms with E-state index in [1.807, 2.05) is 18.2 Å². The second-order valence-electron chi connectivity index (χ2n) is 4.27. The van der Waals surface area contributed by atoms with E-state index in [1.165, 1.54) is 7.11 Å². The predicted octanol–water partition coefficient (Wildman–Crippen LogP) is 2.99. The maximum atomic E-state index is 12.0. The third kappa shape index (κ3) is 3.54. The van der Waals surface area contributed by atoms with Crippen LogP contribution in [-0.2, 0) is 16.0 Å². The summed E-state index contributed by atoms with van der Waals surface area (Å²) >= 11 is 3.38. The van der Waals surface area contributed by atoms with Crippen LogP contribution >= 0.6 is 15.9 Å². The Balaban J connectivity index is 2.95. The minimum absolute atomic E-state index is 0.0244. The van der Waals surface area contributed by atoms with Gasteiger partial charge in [0.05, 0.1) is 7.11 Å². The molecular formula is C13H17BrO3. The van der Waals surface area contributed by atoms with E-state index in [0.29, 0.717) is 12.2 Å². The number of hydrogen-bond donors (Lipinski definition) is 0. The summed E-state index contributed by atoms with van der Waals surface area (Å²) in [6, 6.07) is 5.61. The SMILES string of the molecule is COc1ccc(Br)cc1CC(=O)C(C)(C)OC. The largest absolute Gasteiger partial charge is 0.496 e. The zero-order valence-corrected chi connectivity index (χ0v) is 12.1. The molecule has 1 rings (SSSR count). The number of carbonyl (C=O) groups excluding carboxylic acids is 1. The lowest BCUT2D eigenvalue weighted by Gasteiger charge is -2.21. The molecule has 0 saturated heterocycles. The zero-order chi connectivity index (χ0) is 13.1. The van der Waals surface area contributed by atoms with Crippen LogP contribution in [0.25, 0.3) is 0 Å². The van der Waals surface area contributed by atoms with Gasteiger partial charge in [0.25, 0.3) is 0 Å². The molecule has 0 heterocycles. The number of halogens is 1. The quantitative estimate of drug-likeness (QED) is 0.838. The van der Waals surface area contributed by atoms with Crippen LogP contribution in [0.5, 0.6) is 5.75 Å². The first kappa shape index (κ1) is 14.2. The van der Waals surface area contributed by atoms with Crippen LogP contribution in [0.3, 0.4) is 0 Å². The van der Waals surface area contributed by atoms with Gasteiger partial charge < -0.3 is 9.47 Å². The molecule has 0 fully saturated rings. The summed E-state index contributed by atoms with van der Waals surface area (Å²) in [5, 5.41) is 0. The first-order chi connectivity index (χ1) is 7.90. The first-order valence-corrected chi connectivity index (χ1v) is 6.11. The average molecular weight is 301 g/mol. The van der Waals surface area contributed by atoms with E-state index in [9.17, 15) is 4.79 Å². The first-order valence-electron chi connectivity index (χ1n) is 5.31. The highest BCUT2D eigenvalue weighted by Crippen LogP contribution is 2.25. The topological polar surface area (TPSA) is 35.5 Å². The van der Waals surface area contributed by atoms with E-state index >= 15 is 0 Å². The summed E-state index contributed by atoms with van der Waals surface area (Å²) in [7, 11) is 3.13. The van der Waals surface area contributed by atoms with Gasteiger partial charge in [-0.2, -0.15) is 0 Å². The van der Waals surface area contributed by atoms with E-state index in [-0.39, 0.29) is 5.78 Å². The molecule has 0 aromatic heterocycles. The second-order valence-corrected chi connectivity index (χ2v) is 5.19. The summed E-state index contributed by atoms with van der Waals surface area (Å²) < 4.78 is 11.3. The Kier molecular flexibility index (Phi) is 4.71. The number of methoxy groups -OCH3 is 2. The molecule has 0 aliphatic carbocycles. The molecule has 17 heavy (non-hydrogen) atoms. The van der Waals surface area contributed by atoms with Gasteiger partial charge in [0, 0.05) is 23.6 Å². The van der Waals surface area contributed by atoms with E-state index in [2.05, 4.69) is 15.9 Å². The van der Waals surface area contributed by atoms with Crippen molar-refractivity contribution in [2.24, 2.45) is 0 Å². The van der Waals surface area contributed by atoms with Gasteiger partial charge in [-0.15, -0.1) is 0 Å². The highest BCUT2D eigenvalue weighted by atomic mass is 79.9. The summed E-state index contributed by atoms with van der Waals surface area (Å²) in [6.45, 7) is 3.53. The number of benzene rings is 1.